The van der Waals surface area contributed by atoms with Gasteiger partial charge in [0.1, 0.15) is 12.4 Å². The van der Waals surface area contributed by atoms with Gasteiger partial charge in [0, 0.05) is 12.6 Å². The Morgan fingerprint density at radius 2 is 1.86 bits per heavy atom. The summed E-state index contributed by atoms with van der Waals surface area (Å²) in [5.41, 5.74) is 3.03. The summed E-state index contributed by atoms with van der Waals surface area (Å²) >= 11 is 0. The lowest BCUT2D eigenvalue weighted by Gasteiger charge is -2.09. The quantitative estimate of drug-likeness (QED) is 0.620. The van der Waals surface area contributed by atoms with Gasteiger partial charge in [-0.2, -0.15) is 5.10 Å². The minimum absolute atomic E-state index is 0.177. The van der Waals surface area contributed by atoms with E-state index in [-0.39, 0.29) is 11.6 Å². The van der Waals surface area contributed by atoms with Crippen molar-refractivity contribution >= 4 is 17.6 Å². The second kappa shape index (κ2) is 9.05. The minimum atomic E-state index is -0.573. The maximum Gasteiger partial charge on any atom is 0.358 e. The number of rotatable bonds is 7. The Labute approximate surface area is 169 Å². The summed E-state index contributed by atoms with van der Waals surface area (Å²) in [6.07, 6.45) is 2.39. The highest BCUT2D eigenvalue weighted by Gasteiger charge is 2.19. The monoisotopic (exact) mass is 393 g/mol. The molecule has 0 aliphatic rings. The topological polar surface area (TPSA) is 82.5 Å². The molecule has 0 bridgehead atoms. The average Bonchev–Trinajstić information content (AvgIpc) is 3.12. The Morgan fingerprint density at radius 1 is 1.10 bits per heavy atom. The zero-order chi connectivity index (χ0) is 20.8. The summed E-state index contributed by atoms with van der Waals surface area (Å²) in [5, 5.41) is 6.72. The summed E-state index contributed by atoms with van der Waals surface area (Å²) in [6, 6.07) is 15.1. The zero-order valence-electron chi connectivity index (χ0n) is 16.6. The van der Waals surface area contributed by atoms with Gasteiger partial charge in [-0.15, -0.1) is 0 Å². The Morgan fingerprint density at radius 3 is 2.55 bits per heavy atom. The summed E-state index contributed by atoms with van der Waals surface area (Å²) in [5.74, 6) is -0.149. The van der Waals surface area contributed by atoms with Gasteiger partial charge in [0.25, 0.3) is 5.91 Å². The number of carbonyl (C=O) groups excluding carboxylic acids is 2. The fourth-order valence-corrected chi connectivity index (χ4v) is 2.85. The highest BCUT2D eigenvalue weighted by atomic mass is 16.5. The highest BCUT2D eigenvalue weighted by Crippen LogP contribution is 2.18. The Hall–Kier alpha value is -3.61. The molecule has 0 radical (unpaired) electrons. The lowest BCUT2D eigenvalue weighted by atomic mass is 10.1. The third kappa shape index (κ3) is 4.82. The third-order valence-electron chi connectivity index (χ3n) is 4.49. The number of benzene rings is 2. The average molecular weight is 393 g/mol. The largest absolute Gasteiger partial charge is 0.489 e. The number of nitrogens with one attached hydrogen (secondary N) is 1. The predicted octanol–water partition coefficient (Wildman–Crippen LogP) is 3.60. The Kier molecular flexibility index (Phi) is 6.29. The molecule has 1 N–H and O–H groups in total. The van der Waals surface area contributed by atoms with Crippen LogP contribution in [0.3, 0.4) is 0 Å². The normalized spacial score (nSPS) is 10.4. The van der Waals surface area contributed by atoms with Crippen molar-refractivity contribution < 1.29 is 19.1 Å². The van der Waals surface area contributed by atoms with Crippen molar-refractivity contribution in [3.05, 3.63) is 77.1 Å². The van der Waals surface area contributed by atoms with Crippen LogP contribution in [0.4, 0.5) is 5.69 Å². The third-order valence-corrected chi connectivity index (χ3v) is 4.49. The first-order chi connectivity index (χ1) is 14.0. The second-order valence-electron chi connectivity index (χ2n) is 6.46. The predicted molar refractivity (Wildman–Crippen MR) is 109 cm³/mol. The molecular formula is C22H23N3O4. The van der Waals surface area contributed by atoms with E-state index in [1.165, 1.54) is 23.6 Å². The molecule has 0 saturated carbocycles. The second-order valence-corrected chi connectivity index (χ2v) is 6.46. The smallest absolute Gasteiger partial charge is 0.358 e. The molecule has 2 aromatic carbocycles. The lowest BCUT2D eigenvalue weighted by Crippen LogP contribution is -2.16. The number of nitrogens with zero attached hydrogens (tertiary/aromatic N) is 2. The van der Waals surface area contributed by atoms with E-state index in [2.05, 4.69) is 17.3 Å². The molecule has 1 amide bonds. The summed E-state index contributed by atoms with van der Waals surface area (Å²) in [6.45, 7) is 2.44. The minimum Gasteiger partial charge on any atom is -0.489 e. The first-order valence-corrected chi connectivity index (χ1v) is 9.24. The molecule has 0 fully saturated rings. The summed E-state index contributed by atoms with van der Waals surface area (Å²) < 4.78 is 11.9. The SMILES string of the molecule is CCc1ccc(OCc2cccc(C(=O)Nc3cnn(C)c3C(=O)OC)c2)cc1. The number of hydrogen-bond donors (Lipinski definition) is 1. The maximum absolute atomic E-state index is 12.6. The number of hydrogen-bond acceptors (Lipinski definition) is 5. The van der Waals surface area contributed by atoms with Crippen molar-refractivity contribution in [1.82, 2.24) is 9.78 Å². The van der Waals surface area contributed by atoms with Crippen LogP contribution in [0, 0.1) is 0 Å². The molecule has 0 aliphatic carbocycles. The zero-order valence-corrected chi connectivity index (χ0v) is 16.6. The molecule has 1 aromatic heterocycles. The molecule has 0 atom stereocenters. The van der Waals surface area contributed by atoms with E-state index in [0.717, 1.165) is 17.7 Å². The number of anilines is 1. The molecular weight excluding hydrogens is 370 g/mol. The van der Waals surface area contributed by atoms with E-state index < -0.39 is 5.97 Å². The van der Waals surface area contributed by atoms with Crippen LogP contribution in [-0.4, -0.2) is 28.8 Å². The number of methoxy groups -OCH3 is 1. The first-order valence-electron chi connectivity index (χ1n) is 9.24. The fraction of sp³-hybridized carbons (Fsp3) is 0.227. The van der Waals surface area contributed by atoms with Crippen LogP contribution in [0.2, 0.25) is 0 Å². The van der Waals surface area contributed by atoms with Gasteiger partial charge in [-0.25, -0.2) is 4.79 Å². The molecule has 0 spiro atoms. The number of esters is 1. The van der Waals surface area contributed by atoms with Crippen LogP contribution in [0.25, 0.3) is 0 Å². The Balaban J connectivity index is 1.69. The first kappa shape index (κ1) is 20.1. The van der Waals surface area contributed by atoms with Crippen LogP contribution in [0.15, 0.2) is 54.7 Å². The number of aromatic nitrogens is 2. The van der Waals surface area contributed by atoms with Gasteiger partial charge < -0.3 is 14.8 Å². The molecule has 7 heteroatoms. The summed E-state index contributed by atoms with van der Waals surface area (Å²) in [7, 11) is 2.88. The van der Waals surface area contributed by atoms with E-state index in [4.69, 9.17) is 9.47 Å². The van der Waals surface area contributed by atoms with E-state index in [1.54, 1.807) is 25.2 Å². The van der Waals surface area contributed by atoms with Crippen LogP contribution >= 0.6 is 0 Å². The van der Waals surface area contributed by atoms with Crippen LogP contribution in [0.1, 0.15) is 38.9 Å². The van der Waals surface area contributed by atoms with E-state index in [1.807, 2.05) is 30.3 Å². The number of ether oxygens (including phenoxy) is 2. The Bertz CT molecular complexity index is 1010. The highest BCUT2D eigenvalue weighted by molar-refractivity contribution is 6.07. The molecule has 0 saturated heterocycles. The maximum atomic E-state index is 12.6. The van der Waals surface area contributed by atoms with Gasteiger partial charge in [-0.05, 0) is 41.8 Å². The molecule has 29 heavy (non-hydrogen) atoms. The van der Waals surface area contributed by atoms with Gasteiger partial charge in [-0.1, -0.05) is 31.2 Å². The van der Waals surface area contributed by atoms with Crippen LogP contribution < -0.4 is 10.1 Å². The van der Waals surface area contributed by atoms with E-state index in [9.17, 15) is 9.59 Å². The van der Waals surface area contributed by atoms with Gasteiger partial charge >= 0.3 is 5.97 Å². The van der Waals surface area contributed by atoms with Crippen LogP contribution in [-0.2, 0) is 24.8 Å². The van der Waals surface area contributed by atoms with E-state index in [0.29, 0.717) is 17.9 Å². The van der Waals surface area contributed by atoms with Crippen molar-refractivity contribution in [2.24, 2.45) is 7.05 Å². The van der Waals surface area contributed by atoms with Gasteiger partial charge in [0.05, 0.1) is 19.0 Å². The number of amides is 1. The molecule has 7 nitrogen and oxygen atoms in total. The van der Waals surface area contributed by atoms with Gasteiger partial charge in [-0.3, -0.25) is 9.48 Å². The number of aryl methyl sites for hydroxylation is 2. The van der Waals surface area contributed by atoms with Crippen molar-refractivity contribution in [1.29, 1.82) is 0 Å². The van der Waals surface area contributed by atoms with Crippen molar-refractivity contribution in [3.8, 4) is 5.75 Å². The molecule has 0 unspecified atom stereocenters. The standard InChI is InChI=1S/C22H23N3O4/c1-4-15-8-10-18(11-9-15)29-14-16-6-5-7-17(12-16)21(26)24-19-13-23-25(2)20(19)22(27)28-3/h5-13H,4,14H2,1-3H3,(H,24,26). The summed E-state index contributed by atoms with van der Waals surface area (Å²) in [4.78, 5) is 24.5. The molecule has 1 heterocycles. The molecule has 3 rings (SSSR count). The van der Waals surface area contributed by atoms with Crippen molar-refractivity contribution in [2.75, 3.05) is 12.4 Å². The fourth-order valence-electron chi connectivity index (χ4n) is 2.85. The van der Waals surface area contributed by atoms with Gasteiger partial charge in [0.15, 0.2) is 5.69 Å². The van der Waals surface area contributed by atoms with Crippen molar-refractivity contribution in [2.45, 2.75) is 20.0 Å². The van der Waals surface area contributed by atoms with Crippen molar-refractivity contribution in [3.63, 3.8) is 0 Å². The van der Waals surface area contributed by atoms with Crippen LogP contribution in [0.5, 0.6) is 5.75 Å². The molecule has 0 aliphatic heterocycles. The van der Waals surface area contributed by atoms with Gasteiger partial charge in [0.2, 0.25) is 0 Å². The number of carbonyl (C=O) groups is 2. The van der Waals surface area contributed by atoms with E-state index >= 15 is 0 Å². The lowest BCUT2D eigenvalue weighted by molar-refractivity contribution is 0.0589. The molecule has 3 aromatic rings. The molecule has 150 valence electrons.